The van der Waals surface area contributed by atoms with Crippen LogP contribution >= 0.6 is 27.5 Å². The minimum absolute atomic E-state index is 0.126. The Morgan fingerprint density at radius 1 is 1.42 bits per heavy atom. The molecule has 0 radical (unpaired) electrons. The van der Waals surface area contributed by atoms with Crippen molar-refractivity contribution in [1.29, 1.82) is 0 Å². The smallest absolute Gasteiger partial charge is 0.207 e. The van der Waals surface area contributed by atoms with Crippen molar-refractivity contribution in [3.63, 3.8) is 0 Å². The highest BCUT2D eigenvalue weighted by atomic mass is 79.9. The minimum Gasteiger partial charge on any atom is -0.207 e. The van der Waals surface area contributed by atoms with Gasteiger partial charge in [-0.05, 0) is 43.9 Å². The molecule has 1 aliphatic rings. The zero-order chi connectivity index (χ0) is 13.9. The molecule has 0 saturated carbocycles. The molecule has 1 heterocycles. The lowest BCUT2D eigenvalue weighted by Crippen LogP contribution is -2.35. The van der Waals surface area contributed by atoms with Crippen LogP contribution in [0, 0.1) is 0 Å². The second-order valence-electron chi connectivity index (χ2n) is 4.70. The third-order valence-corrected chi connectivity index (χ3v) is 6.14. The number of sulfonamides is 1. The Balaban J connectivity index is 2.23. The minimum atomic E-state index is -3.41. The Bertz CT molecular complexity index is 535. The first kappa shape index (κ1) is 15.3. The van der Waals surface area contributed by atoms with Crippen molar-refractivity contribution >= 4 is 37.6 Å². The van der Waals surface area contributed by atoms with Gasteiger partial charge in [0.05, 0.1) is 4.90 Å². The summed E-state index contributed by atoms with van der Waals surface area (Å²) in [6.45, 7) is 0.613. The van der Waals surface area contributed by atoms with Gasteiger partial charge in [-0.2, -0.15) is 4.31 Å². The summed E-state index contributed by atoms with van der Waals surface area (Å²) in [5.41, 5.74) is 0. The molecular weight excluding hydrogens is 350 g/mol. The quantitative estimate of drug-likeness (QED) is 0.746. The highest BCUT2D eigenvalue weighted by Gasteiger charge is 2.34. The maximum Gasteiger partial charge on any atom is 0.243 e. The zero-order valence-corrected chi connectivity index (χ0v) is 13.7. The summed E-state index contributed by atoms with van der Waals surface area (Å²) in [7, 11) is -3.41. The number of nitrogens with zero attached hydrogens (tertiary/aromatic N) is 1. The molecule has 6 heteroatoms. The van der Waals surface area contributed by atoms with Crippen LogP contribution in [0.5, 0.6) is 0 Å². The number of halogens is 2. The first-order valence-corrected chi connectivity index (χ1v) is 9.33. The lowest BCUT2D eigenvalue weighted by atomic mass is 10.1. The van der Waals surface area contributed by atoms with Crippen molar-refractivity contribution in [1.82, 2.24) is 4.31 Å². The summed E-state index contributed by atoms with van der Waals surface area (Å²) in [5, 5.41) is 1.37. The fourth-order valence-electron chi connectivity index (χ4n) is 2.49. The molecule has 1 unspecified atom stereocenters. The highest BCUT2D eigenvalue weighted by molar-refractivity contribution is 9.09. The number of benzene rings is 1. The monoisotopic (exact) mass is 365 g/mol. The van der Waals surface area contributed by atoms with E-state index in [-0.39, 0.29) is 6.04 Å². The van der Waals surface area contributed by atoms with E-state index >= 15 is 0 Å². The molecule has 0 spiro atoms. The third-order valence-electron chi connectivity index (χ3n) is 3.40. The second-order valence-corrected chi connectivity index (χ2v) is 7.82. The maximum absolute atomic E-state index is 12.6. The van der Waals surface area contributed by atoms with Gasteiger partial charge in [0.1, 0.15) is 0 Å². The topological polar surface area (TPSA) is 37.4 Å². The van der Waals surface area contributed by atoms with Gasteiger partial charge in [0, 0.05) is 22.9 Å². The van der Waals surface area contributed by atoms with E-state index in [1.54, 1.807) is 22.5 Å². The van der Waals surface area contributed by atoms with Crippen molar-refractivity contribution in [2.24, 2.45) is 0 Å². The predicted octanol–water partition coefficient (Wildman–Crippen LogP) is 3.67. The Kier molecular flexibility index (Phi) is 5.29. The second kappa shape index (κ2) is 6.57. The van der Waals surface area contributed by atoms with Crippen molar-refractivity contribution in [2.75, 3.05) is 11.9 Å². The molecule has 0 aromatic heterocycles. The largest absolute Gasteiger partial charge is 0.243 e. The van der Waals surface area contributed by atoms with Crippen LogP contribution in [0.4, 0.5) is 0 Å². The van der Waals surface area contributed by atoms with E-state index in [0.717, 1.165) is 31.0 Å². The molecule has 19 heavy (non-hydrogen) atoms. The van der Waals surface area contributed by atoms with E-state index in [0.29, 0.717) is 16.5 Å². The molecule has 1 fully saturated rings. The summed E-state index contributed by atoms with van der Waals surface area (Å²) in [4.78, 5) is 0.297. The molecule has 3 nitrogen and oxygen atoms in total. The fraction of sp³-hybridized carbons (Fsp3) is 0.538. The lowest BCUT2D eigenvalue weighted by Gasteiger charge is -2.24. The van der Waals surface area contributed by atoms with E-state index < -0.39 is 10.0 Å². The molecule has 0 aliphatic carbocycles. The lowest BCUT2D eigenvalue weighted by molar-refractivity contribution is 0.369. The van der Waals surface area contributed by atoms with Gasteiger partial charge in [0.2, 0.25) is 10.0 Å². The molecule has 1 aliphatic heterocycles. The number of hydrogen-bond acceptors (Lipinski definition) is 2. The van der Waals surface area contributed by atoms with Gasteiger partial charge >= 0.3 is 0 Å². The van der Waals surface area contributed by atoms with Crippen LogP contribution in [0.1, 0.15) is 25.7 Å². The van der Waals surface area contributed by atoms with Gasteiger partial charge in [-0.25, -0.2) is 8.42 Å². The Morgan fingerprint density at radius 2 is 2.21 bits per heavy atom. The van der Waals surface area contributed by atoms with Gasteiger partial charge in [-0.1, -0.05) is 33.6 Å². The molecule has 1 aromatic carbocycles. The Morgan fingerprint density at radius 3 is 2.89 bits per heavy atom. The molecule has 0 amide bonds. The van der Waals surface area contributed by atoms with Crippen LogP contribution in [0.3, 0.4) is 0 Å². The van der Waals surface area contributed by atoms with E-state index in [1.165, 1.54) is 6.07 Å². The standard InChI is InChI=1S/C13H17BrClNO2S/c14-8-2-5-12-6-3-9-16(12)19(17,18)13-7-1-4-11(15)10-13/h1,4,7,10,12H,2-3,5-6,8-9H2. The van der Waals surface area contributed by atoms with Crippen molar-refractivity contribution < 1.29 is 8.42 Å². The fourth-order valence-corrected chi connectivity index (χ4v) is 4.84. The van der Waals surface area contributed by atoms with Crippen LogP contribution < -0.4 is 0 Å². The van der Waals surface area contributed by atoms with Gasteiger partial charge in [-0.15, -0.1) is 0 Å². The van der Waals surface area contributed by atoms with Crippen LogP contribution in [0.15, 0.2) is 29.2 Å². The van der Waals surface area contributed by atoms with Crippen molar-refractivity contribution in [2.45, 2.75) is 36.6 Å². The van der Waals surface area contributed by atoms with E-state index in [1.807, 2.05) is 0 Å². The van der Waals surface area contributed by atoms with E-state index in [4.69, 9.17) is 11.6 Å². The zero-order valence-electron chi connectivity index (χ0n) is 10.6. The average molecular weight is 367 g/mol. The van der Waals surface area contributed by atoms with Gasteiger partial charge in [0.25, 0.3) is 0 Å². The van der Waals surface area contributed by atoms with Crippen LogP contribution in [-0.4, -0.2) is 30.6 Å². The van der Waals surface area contributed by atoms with Crippen LogP contribution in [0.25, 0.3) is 0 Å². The summed E-state index contributed by atoms with van der Waals surface area (Å²) < 4.78 is 26.9. The highest BCUT2D eigenvalue weighted by Crippen LogP contribution is 2.29. The molecule has 1 aromatic rings. The Hall–Kier alpha value is -0.100. The average Bonchev–Trinajstić information content (AvgIpc) is 2.85. The van der Waals surface area contributed by atoms with Gasteiger partial charge < -0.3 is 0 Å². The molecular formula is C13H17BrClNO2S. The summed E-state index contributed by atoms with van der Waals surface area (Å²) >= 11 is 9.28. The Labute approximate surface area is 128 Å². The molecule has 0 bridgehead atoms. The predicted molar refractivity (Wildman–Crippen MR) is 81.4 cm³/mol. The van der Waals surface area contributed by atoms with Crippen molar-refractivity contribution in [3.05, 3.63) is 29.3 Å². The first-order valence-electron chi connectivity index (χ1n) is 6.39. The normalized spacial score (nSPS) is 20.8. The number of hydrogen-bond donors (Lipinski definition) is 0. The summed E-state index contributed by atoms with van der Waals surface area (Å²) in [6.07, 6.45) is 3.79. The SMILES string of the molecule is O=S(=O)(c1cccc(Cl)c1)N1CCCC1CCCBr. The van der Waals surface area contributed by atoms with Crippen LogP contribution in [0.2, 0.25) is 5.02 Å². The molecule has 1 saturated heterocycles. The molecule has 0 N–H and O–H groups in total. The van der Waals surface area contributed by atoms with Crippen molar-refractivity contribution in [3.8, 4) is 0 Å². The van der Waals surface area contributed by atoms with Gasteiger partial charge in [0.15, 0.2) is 0 Å². The molecule has 1 atom stereocenters. The maximum atomic E-state index is 12.6. The number of rotatable bonds is 5. The first-order chi connectivity index (χ1) is 9.05. The molecule has 2 rings (SSSR count). The van der Waals surface area contributed by atoms with E-state index in [9.17, 15) is 8.42 Å². The molecule has 106 valence electrons. The van der Waals surface area contributed by atoms with E-state index in [2.05, 4.69) is 15.9 Å². The summed E-state index contributed by atoms with van der Waals surface area (Å²) in [6, 6.07) is 6.63. The number of alkyl halides is 1. The van der Waals surface area contributed by atoms with Crippen LogP contribution in [-0.2, 0) is 10.0 Å². The summed E-state index contributed by atoms with van der Waals surface area (Å²) in [5.74, 6) is 0. The third kappa shape index (κ3) is 3.51. The van der Waals surface area contributed by atoms with Gasteiger partial charge in [-0.3, -0.25) is 0 Å².